The minimum Gasteiger partial charge on any atom is -0.372 e. The Morgan fingerprint density at radius 2 is 1.76 bits per heavy atom. The Bertz CT molecular complexity index is 710. The molecule has 1 aromatic carbocycles. The predicted molar refractivity (Wildman–Crippen MR) is 97.2 cm³/mol. The van der Waals surface area contributed by atoms with Crippen molar-refractivity contribution in [2.45, 2.75) is 25.8 Å². The summed E-state index contributed by atoms with van der Waals surface area (Å²) >= 11 is 0. The van der Waals surface area contributed by atoms with Crippen LogP contribution in [-0.2, 0) is 16.1 Å². The largest absolute Gasteiger partial charge is 0.372 e. The van der Waals surface area contributed by atoms with Gasteiger partial charge >= 0.3 is 0 Å². The van der Waals surface area contributed by atoms with Crippen LogP contribution in [0.4, 0.5) is 11.4 Å². The molecule has 0 radical (unpaired) electrons. The normalized spacial score (nSPS) is 13.5. The van der Waals surface area contributed by atoms with Gasteiger partial charge in [0.1, 0.15) is 6.42 Å². The monoisotopic (exact) mass is 338 g/mol. The molecule has 6 heteroatoms. The summed E-state index contributed by atoms with van der Waals surface area (Å²) in [4.78, 5) is 30.3. The summed E-state index contributed by atoms with van der Waals surface area (Å²) in [6.45, 7) is 2.49. The summed E-state index contributed by atoms with van der Waals surface area (Å²) in [6, 6.07) is 13.2. The number of anilines is 2. The lowest BCUT2D eigenvalue weighted by molar-refractivity contribution is -0.126. The van der Waals surface area contributed by atoms with Gasteiger partial charge in [0.15, 0.2) is 0 Å². The van der Waals surface area contributed by atoms with Gasteiger partial charge in [0, 0.05) is 30.7 Å². The van der Waals surface area contributed by atoms with Crippen LogP contribution in [-0.4, -0.2) is 29.9 Å². The quantitative estimate of drug-likeness (QED) is 0.793. The van der Waals surface area contributed by atoms with Gasteiger partial charge in [-0.05, 0) is 49.2 Å². The van der Waals surface area contributed by atoms with E-state index in [0.29, 0.717) is 12.2 Å². The third kappa shape index (κ3) is 5.04. The lowest BCUT2D eigenvalue weighted by Gasteiger charge is -2.17. The maximum absolute atomic E-state index is 12.0. The predicted octanol–water partition coefficient (Wildman–Crippen LogP) is 2.33. The molecule has 25 heavy (non-hydrogen) atoms. The summed E-state index contributed by atoms with van der Waals surface area (Å²) in [6.07, 6.45) is 3.92. The SMILES string of the molecule is O=C(CC(=O)Nc1ccc(N2CCCC2)cc1)NCc1ccccn1. The lowest BCUT2D eigenvalue weighted by Crippen LogP contribution is -2.28. The second kappa shape index (κ2) is 8.28. The highest BCUT2D eigenvalue weighted by atomic mass is 16.2. The van der Waals surface area contributed by atoms with Crippen LogP contribution in [0.5, 0.6) is 0 Å². The molecular weight excluding hydrogens is 316 g/mol. The number of pyridine rings is 1. The topological polar surface area (TPSA) is 74.3 Å². The Morgan fingerprint density at radius 3 is 2.44 bits per heavy atom. The molecule has 0 aliphatic carbocycles. The summed E-state index contributed by atoms with van der Waals surface area (Å²) in [5.41, 5.74) is 2.63. The molecular formula is C19H22N4O2. The zero-order chi connectivity index (χ0) is 17.5. The number of aromatic nitrogens is 1. The third-order valence-corrected chi connectivity index (χ3v) is 4.14. The van der Waals surface area contributed by atoms with E-state index in [9.17, 15) is 9.59 Å². The van der Waals surface area contributed by atoms with Gasteiger partial charge in [-0.15, -0.1) is 0 Å². The number of carbonyl (C=O) groups is 2. The Labute approximate surface area is 147 Å². The number of nitrogens with one attached hydrogen (secondary N) is 2. The average Bonchev–Trinajstić information content (AvgIpc) is 3.16. The van der Waals surface area contributed by atoms with Gasteiger partial charge in [-0.3, -0.25) is 14.6 Å². The Morgan fingerprint density at radius 1 is 1.00 bits per heavy atom. The molecule has 0 bridgehead atoms. The highest BCUT2D eigenvalue weighted by Crippen LogP contribution is 2.22. The van der Waals surface area contributed by atoms with E-state index in [4.69, 9.17) is 0 Å². The van der Waals surface area contributed by atoms with E-state index < -0.39 is 0 Å². The van der Waals surface area contributed by atoms with E-state index in [1.54, 1.807) is 6.20 Å². The first-order valence-corrected chi connectivity index (χ1v) is 8.52. The molecule has 130 valence electrons. The second-order valence-electron chi connectivity index (χ2n) is 6.06. The minimum atomic E-state index is -0.326. The molecule has 1 saturated heterocycles. The van der Waals surface area contributed by atoms with Crippen molar-refractivity contribution < 1.29 is 9.59 Å². The first kappa shape index (κ1) is 17.0. The van der Waals surface area contributed by atoms with Crippen LogP contribution in [0.15, 0.2) is 48.7 Å². The highest BCUT2D eigenvalue weighted by Gasteiger charge is 2.13. The Kier molecular flexibility index (Phi) is 5.61. The molecule has 6 nitrogen and oxygen atoms in total. The van der Waals surface area contributed by atoms with Gasteiger partial charge in [0.2, 0.25) is 11.8 Å². The molecule has 2 amide bonds. The third-order valence-electron chi connectivity index (χ3n) is 4.14. The molecule has 2 N–H and O–H groups in total. The average molecular weight is 338 g/mol. The molecule has 1 aromatic heterocycles. The van der Waals surface area contributed by atoms with Gasteiger partial charge in [-0.2, -0.15) is 0 Å². The van der Waals surface area contributed by atoms with Gasteiger partial charge < -0.3 is 15.5 Å². The number of hydrogen-bond acceptors (Lipinski definition) is 4. The number of rotatable bonds is 6. The summed E-state index contributed by atoms with van der Waals surface area (Å²) in [7, 11) is 0. The lowest BCUT2D eigenvalue weighted by atomic mass is 10.2. The summed E-state index contributed by atoms with van der Waals surface area (Å²) in [5.74, 6) is -0.649. The zero-order valence-corrected chi connectivity index (χ0v) is 14.1. The van der Waals surface area contributed by atoms with E-state index in [1.807, 2.05) is 42.5 Å². The molecule has 0 spiro atoms. The van der Waals surface area contributed by atoms with Gasteiger partial charge in [-0.25, -0.2) is 0 Å². The van der Waals surface area contributed by atoms with Crippen LogP contribution in [0.2, 0.25) is 0 Å². The summed E-state index contributed by atoms with van der Waals surface area (Å²) in [5, 5.41) is 5.45. The molecule has 3 rings (SSSR count). The molecule has 0 atom stereocenters. The van der Waals surface area contributed by atoms with Crippen molar-refractivity contribution in [2.24, 2.45) is 0 Å². The fourth-order valence-electron chi connectivity index (χ4n) is 2.84. The fourth-order valence-corrected chi connectivity index (χ4v) is 2.84. The van der Waals surface area contributed by atoms with Gasteiger partial charge in [0.05, 0.1) is 12.2 Å². The van der Waals surface area contributed by atoms with Crippen molar-refractivity contribution >= 4 is 23.2 Å². The zero-order valence-electron chi connectivity index (χ0n) is 14.1. The van der Waals surface area contributed by atoms with Crippen molar-refractivity contribution in [3.63, 3.8) is 0 Å². The van der Waals surface area contributed by atoms with Gasteiger partial charge in [-0.1, -0.05) is 6.07 Å². The van der Waals surface area contributed by atoms with E-state index in [2.05, 4.69) is 20.5 Å². The van der Waals surface area contributed by atoms with E-state index >= 15 is 0 Å². The van der Waals surface area contributed by atoms with Gasteiger partial charge in [0.25, 0.3) is 0 Å². The first-order valence-electron chi connectivity index (χ1n) is 8.52. The second-order valence-corrected chi connectivity index (χ2v) is 6.06. The number of nitrogens with zero attached hydrogens (tertiary/aromatic N) is 2. The van der Waals surface area contributed by atoms with Crippen molar-refractivity contribution in [1.29, 1.82) is 0 Å². The number of hydrogen-bond donors (Lipinski definition) is 2. The maximum Gasteiger partial charge on any atom is 0.233 e. The molecule has 1 aliphatic heterocycles. The number of benzene rings is 1. The van der Waals surface area contributed by atoms with Crippen LogP contribution in [0.3, 0.4) is 0 Å². The molecule has 2 heterocycles. The van der Waals surface area contributed by atoms with E-state index in [0.717, 1.165) is 18.8 Å². The molecule has 2 aromatic rings. The maximum atomic E-state index is 12.0. The fraction of sp³-hybridized carbons (Fsp3) is 0.316. The van der Waals surface area contributed by atoms with Crippen molar-refractivity contribution in [1.82, 2.24) is 10.3 Å². The highest BCUT2D eigenvalue weighted by molar-refractivity contribution is 6.03. The Hall–Kier alpha value is -2.89. The standard InChI is InChI=1S/C19H22N4O2/c24-18(21-14-16-5-1-2-10-20-16)13-19(25)22-15-6-8-17(9-7-15)23-11-3-4-12-23/h1-2,5-10H,3-4,11-14H2,(H,21,24)(H,22,25). The smallest absolute Gasteiger partial charge is 0.233 e. The Balaban J connectivity index is 1.44. The molecule has 1 aliphatic rings. The van der Waals surface area contributed by atoms with Crippen molar-refractivity contribution in [3.05, 3.63) is 54.4 Å². The van der Waals surface area contributed by atoms with E-state index in [-0.39, 0.29) is 18.2 Å². The van der Waals surface area contributed by atoms with Crippen LogP contribution in [0.1, 0.15) is 25.0 Å². The van der Waals surface area contributed by atoms with Crippen LogP contribution in [0.25, 0.3) is 0 Å². The van der Waals surface area contributed by atoms with Crippen LogP contribution in [0, 0.1) is 0 Å². The van der Waals surface area contributed by atoms with Crippen LogP contribution >= 0.6 is 0 Å². The molecule has 1 fully saturated rings. The number of carbonyl (C=O) groups excluding carboxylic acids is 2. The van der Waals surface area contributed by atoms with Crippen LogP contribution < -0.4 is 15.5 Å². The minimum absolute atomic E-state index is 0.208. The molecule has 0 saturated carbocycles. The molecule has 0 unspecified atom stereocenters. The summed E-state index contributed by atoms with van der Waals surface area (Å²) < 4.78 is 0. The van der Waals surface area contributed by atoms with Crippen molar-refractivity contribution in [2.75, 3.05) is 23.3 Å². The first-order chi connectivity index (χ1) is 12.2. The van der Waals surface area contributed by atoms with E-state index in [1.165, 1.54) is 18.5 Å². The van der Waals surface area contributed by atoms with Crippen molar-refractivity contribution in [3.8, 4) is 0 Å². The number of amides is 2.